The molecule has 3 rings (SSSR count). The molecule has 0 bridgehead atoms. The van der Waals surface area contributed by atoms with Gasteiger partial charge in [-0.3, -0.25) is 9.59 Å². The number of nitrogens with one attached hydrogen (secondary N) is 2. The van der Waals surface area contributed by atoms with E-state index in [4.69, 9.17) is 5.73 Å². The molecule has 2 aromatic carbocycles. The minimum Gasteiger partial charge on any atom is -0.399 e. The summed E-state index contributed by atoms with van der Waals surface area (Å²) in [6.07, 6.45) is 2.76. The van der Waals surface area contributed by atoms with E-state index in [9.17, 15) is 14.0 Å². The van der Waals surface area contributed by atoms with Crippen molar-refractivity contribution < 1.29 is 14.0 Å². The van der Waals surface area contributed by atoms with E-state index in [1.165, 1.54) is 24.3 Å². The van der Waals surface area contributed by atoms with Gasteiger partial charge < -0.3 is 16.4 Å². The topological polar surface area (TPSA) is 84.2 Å². The molecule has 28 heavy (non-hydrogen) atoms. The van der Waals surface area contributed by atoms with Gasteiger partial charge in [0.1, 0.15) is 11.9 Å². The molecular weight excluding hydrogens is 357 g/mol. The predicted molar refractivity (Wildman–Crippen MR) is 107 cm³/mol. The van der Waals surface area contributed by atoms with Crippen LogP contribution in [0.25, 0.3) is 0 Å². The number of rotatable bonds is 5. The number of hydrogen-bond acceptors (Lipinski definition) is 3. The number of carbonyl (C=O) groups is 2. The summed E-state index contributed by atoms with van der Waals surface area (Å²) < 4.78 is 13.1. The van der Waals surface area contributed by atoms with Crippen LogP contribution in [0.1, 0.15) is 54.2 Å². The molecule has 0 saturated heterocycles. The van der Waals surface area contributed by atoms with Gasteiger partial charge in [-0.1, -0.05) is 19.9 Å². The molecule has 2 atom stereocenters. The molecule has 2 amide bonds. The van der Waals surface area contributed by atoms with Crippen LogP contribution in [0, 0.1) is 11.7 Å². The zero-order valence-electron chi connectivity index (χ0n) is 16.2. The molecular formula is C22H26FN3O2. The molecule has 148 valence electrons. The molecule has 0 aliphatic heterocycles. The third-order valence-electron chi connectivity index (χ3n) is 5.14. The van der Waals surface area contributed by atoms with E-state index in [0.29, 0.717) is 5.56 Å². The Balaban J connectivity index is 1.72. The lowest BCUT2D eigenvalue weighted by Crippen LogP contribution is -2.50. The Morgan fingerprint density at radius 1 is 1.14 bits per heavy atom. The largest absolute Gasteiger partial charge is 0.399 e. The summed E-state index contributed by atoms with van der Waals surface area (Å²) >= 11 is 0. The first kappa shape index (κ1) is 19.9. The second-order valence-corrected chi connectivity index (χ2v) is 7.61. The number of amides is 2. The molecule has 0 radical (unpaired) electrons. The highest BCUT2D eigenvalue weighted by Gasteiger charge is 2.29. The average molecular weight is 383 g/mol. The number of carbonyl (C=O) groups excluding carboxylic acids is 2. The highest BCUT2D eigenvalue weighted by atomic mass is 19.1. The number of aryl methyl sites for hydroxylation is 1. The van der Waals surface area contributed by atoms with Crippen LogP contribution in [0.5, 0.6) is 0 Å². The van der Waals surface area contributed by atoms with Crippen molar-refractivity contribution in [3.63, 3.8) is 0 Å². The zero-order valence-corrected chi connectivity index (χ0v) is 16.2. The van der Waals surface area contributed by atoms with Crippen molar-refractivity contribution >= 4 is 17.5 Å². The number of benzene rings is 2. The minimum absolute atomic E-state index is 0.0965. The van der Waals surface area contributed by atoms with Gasteiger partial charge in [-0.25, -0.2) is 4.39 Å². The van der Waals surface area contributed by atoms with E-state index < -0.39 is 17.8 Å². The predicted octanol–water partition coefficient (Wildman–Crippen LogP) is 3.36. The molecule has 6 heteroatoms. The van der Waals surface area contributed by atoms with Crippen molar-refractivity contribution in [2.45, 2.75) is 45.2 Å². The van der Waals surface area contributed by atoms with Crippen LogP contribution in [0.15, 0.2) is 42.5 Å². The summed E-state index contributed by atoms with van der Waals surface area (Å²) in [4.78, 5) is 25.4. The Morgan fingerprint density at radius 3 is 2.54 bits per heavy atom. The van der Waals surface area contributed by atoms with Crippen molar-refractivity contribution in [1.82, 2.24) is 10.6 Å². The van der Waals surface area contributed by atoms with Crippen LogP contribution < -0.4 is 16.4 Å². The van der Waals surface area contributed by atoms with Gasteiger partial charge in [0.15, 0.2) is 0 Å². The lowest BCUT2D eigenvalue weighted by molar-refractivity contribution is -0.124. The average Bonchev–Trinajstić information content (AvgIpc) is 2.66. The second kappa shape index (κ2) is 8.42. The standard InChI is InChI=1S/C22H26FN3O2/c1-13(2)20(26-21(27)14-6-8-16(23)9-7-14)22(28)25-19-5-3-4-15-12-17(24)10-11-18(15)19/h6-13,19-20H,3-5,24H2,1-2H3,(H,25,28)(H,26,27). The van der Waals surface area contributed by atoms with Crippen molar-refractivity contribution in [1.29, 1.82) is 0 Å². The molecule has 0 saturated carbocycles. The summed E-state index contributed by atoms with van der Waals surface area (Å²) in [7, 11) is 0. The maximum Gasteiger partial charge on any atom is 0.251 e. The molecule has 4 N–H and O–H groups in total. The molecule has 1 aliphatic carbocycles. The lowest BCUT2D eigenvalue weighted by atomic mass is 9.87. The highest BCUT2D eigenvalue weighted by Crippen LogP contribution is 2.31. The number of hydrogen-bond donors (Lipinski definition) is 3. The molecule has 0 aromatic heterocycles. The van der Waals surface area contributed by atoms with Crippen LogP contribution >= 0.6 is 0 Å². The van der Waals surface area contributed by atoms with Gasteiger partial charge in [-0.15, -0.1) is 0 Å². The fourth-order valence-electron chi connectivity index (χ4n) is 3.61. The van der Waals surface area contributed by atoms with E-state index in [0.717, 1.165) is 36.1 Å². The van der Waals surface area contributed by atoms with Crippen LogP contribution in [-0.2, 0) is 11.2 Å². The Bertz CT molecular complexity index is 865. The number of fused-ring (bicyclic) bond motifs is 1. The monoisotopic (exact) mass is 383 g/mol. The van der Waals surface area contributed by atoms with Gasteiger partial charge in [0, 0.05) is 11.3 Å². The molecule has 2 unspecified atom stereocenters. The van der Waals surface area contributed by atoms with Gasteiger partial charge in [-0.05, 0) is 72.7 Å². The minimum atomic E-state index is -0.684. The van der Waals surface area contributed by atoms with E-state index in [-0.39, 0.29) is 17.9 Å². The Hall–Kier alpha value is -2.89. The van der Waals surface area contributed by atoms with Crippen LogP contribution in [0.2, 0.25) is 0 Å². The van der Waals surface area contributed by atoms with Gasteiger partial charge in [-0.2, -0.15) is 0 Å². The first-order chi connectivity index (χ1) is 13.3. The molecule has 0 heterocycles. The van der Waals surface area contributed by atoms with Crippen molar-refractivity contribution in [2.24, 2.45) is 5.92 Å². The SMILES string of the molecule is CC(C)C(NC(=O)c1ccc(F)cc1)C(=O)NC1CCCc2cc(N)ccc21. The smallest absolute Gasteiger partial charge is 0.251 e. The Labute approximate surface area is 164 Å². The van der Waals surface area contributed by atoms with Crippen molar-refractivity contribution in [2.75, 3.05) is 5.73 Å². The first-order valence-corrected chi connectivity index (χ1v) is 9.60. The number of nitrogens with two attached hydrogens (primary N) is 1. The van der Waals surface area contributed by atoms with Gasteiger partial charge in [0.2, 0.25) is 5.91 Å². The zero-order chi connectivity index (χ0) is 20.3. The van der Waals surface area contributed by atoms with E-state index >= 15 is 0 Å². The molecule has 5 nitrogen and oxygen atoms in total. The quantitative estimate of drug-likeness (QED) is 0.692. The van der Waals surface area contributed by atoms with Crippen LogP contribution in [-0.4, -0.2) is 17.9 Å². The molecule has 0 fully saturated rings. The molecule has 2 aromatic rings. The third-order valence-corrected chi connectivity index (χ3v) is 5.14. The summed E-state index contributed by atoms with van der Waals surface area (Å²) in [5.74, 6) is -1.13. The fourth-order valence-corrected chi connectivity index (χ4v) is 3.61. The van der Waals surface area contributed by atoms with E-state index in [1.807, 2.05) is 32.0 Å². The lowest BCUT2D eigenvalue weighted by Gasteiger charge is -2.29. The first-order valence-electron chi connectivity index (χ1n) is 9.60. The van der Waals surface area contributed by atoms with E-state index in [1.54, 1.807) is 0 Å². The summed E-state index contributed by atoms with van der Waals surface area (Å²) in [5, 5.41) is 5.87. The van der Waals surface area contributed by atoms with Crippen molar-refractivity contribution in [3.8, 4) is 0 Å². The van der Waals surface area contributed by atoms with E-state index in [2.05, 4.69) is 10.6 Å². The summed E-state index contributed by atoms with van der Waals surface area (Å²) in [5.41, 5.74) is 9.16. The fraction of sp³-hybridized carbons (Fsp3) is 0.364. The highest BCUT2D eigenvalue weighted by molar-refractivity contribution is 5.97. The van der Waals surface area contributed by atoms with Crippen LogP contribution in [0.3, 0.4) is 0 Å². The third kappa shape index (κ3) is 4.50. The van der Waals surface area contributed by atoms with Gasteiger partial charge >= 0.3 is 0 Å². The summed E-state index contributed by atoms with van der Waals surface area (Å²) in [6.45, 7) is 3.76. The maximum atomic E-state index is 13.1. The Morgan fingerprint density at radius 2 is 1.86 bits per heavy atom. The maximum absolute atomic E-state index is 13.1. The molecule has 1 aliphatic rings. The van der Waals surface area contributed by atoms with Gasteiger partial charge in [0.25, 0.3) is 5.91 Å². The van der Waals surface area contributed by atoms with Gasteiger partial charge in [0.05, 0.1) is 6.04 Å². The van der Waals surface area contributed by atoms with Crippen LogP contribution in [0.4, 0.5) is 10.1 Å². The normalized spacial score (nSPS) is 16.9. The number of nitrogen functional groups attached to an aromatic ring is 1. The second-order valence-electron chi connectivity index (χ2n) is 7.61. The molecule has 0 spiro atoms. The number of anilines is 1. The number of halogens is 1. The van der Waals surface area contributed by atoms with Crippen molar-refractivity contribution in [3.05, 3.63) is 65.0 Å². The summed E-state index contributed by atoms with van der Waals surface area (Å²) in [6, 6.07) is 10.3. The Kier molecular flexibility index (Phi) is 5.97.